The van der Waals surface area contributed by atoms with Gasteiger partial charge >= 0.3 is 0 Å². The van der Waals surface area contributed by atoms with Gasteiger partial charge in [-0.2, -0.15) is 0 Å². The van der Waals surface area contributed by atoms with Crippen molar-refractivity contribution >= 4 is 95.8 Å². The van der Waals surface area contributed by atoms with Gasteiger partial charge in [0, 0.05) is 0 Å². The molecule has 2 rings (SSSR count). The lowest BCUT2D eigenvalue weighted by Crippen LogP contribution is -1.85. The Morgan fingerprint density at radius 2 is 0.711 bits per heavy atom. The fourth-order valence-electron chi connectivity index (χ4n) is 4.41. The minimum Gasteiger partial charge on any atom is -0.135 e. The molecular formula is C30H52S8. The molecular weight excluding hydrogens is 617 g/mol. The maximum absolute atomic E-state index is 4.60. The summed E-state index contributed by atoms with van der Waals surface area (Å²) in [6.45, 7) is 4.60. The Morgan fingerprint density at radius 3 is 1.05 bits per heavy atom. The maximum atomic E-state index is 4.60. The number of hydrogen-bond donors (Lipinski definition) is 2. The van der Waals surface area contributed by atoms with Crippen LogP contribution in [-0.4, -0.2) is 11.5 Å². The highest BCUT2D eigenvalue weighted by Gasteiger charge is 2.28. The predicted molar refractivity (Wildman–Crippen MR) is 198 cm³/mol. The Hall–Kier alpha value is 2.02. The van der Waals surface area contributed by atoms with Gasteiger partial charge in [-0.1, -0.05) is 176 Å². The lowest BCUT2D eigenvalue weighted by molar-refractivity contribution is 0.563. The van der Waals surface area contributed by atoms with Crippen molar-refractivity contribution in [2.24, 2.45) is 0 Å². The molecule has 0 fully saturated rings. The summed E-state index contributed by atoms with van der Waals surface area (Å²) in [7, 11) is 0. The molecule has 0 nitrogen and oxygen atoms in total. The predicted octanol–water partition coefficient (Wildman–Crippen LogP) is 14.5. The second-order valence-corrected chi connectivity index (χ2v) is 19.1. The van der Waals surface area contributed by atoms with Gasteiger partial charge in [-0.05, 0) is 24.3 Å². The molecule has 0 saturated carbocycles. The molecule has 0 unspecified atom stereocenters. The molecule has 0 bridgehead atoms. The molecule has 2 aliphatic heterocycles. The highest BCUT2D eigenvalue weighted by Crippen LogP contribution is 2.64. The van der Waals surface area contributed by atoms with E-state index < -0.39 is 0 Å². The monoisotopic (exact) mass is 668 g/mol. The van der Waals surface area contributed by atoms with E-state index >= 15 is 0 Å². The van der Waals surface area contributed by atoms with Crippen LogP contribution in [0.3, 0.4) is 0 Å². The molecule has 0 radical (unpaired) electrons. The first-order chi connectivity index (χ1) is 18.7. The molecule has 0 aromatic heterocycles. The standard InChI is InChI=1S/C30H52S8/c1-3-5-7-9-11-13-15-17-19-21-23-33-27-28(38-30(37-27)29-35-25(31)26(32)36-29)34-24-22-20-18-16-14-12-10-8-6-4-2/h31-32H,3-24H2,1-2H3. The Kier molecular flexibility index (Phi) is 23.3. The summed E-state index contributed by atoms with van der Waals surface area (Å²) in [6.07, 6.45) is 28.2. The van der Waals surface area contributed by atoms with Gasteiger partial charge < -0.3 is 0 Å². The van der Waals surface area contributed by atoms with Crippen LogP contribution < -0.4 is 0 Å². The van der Waals surface area contributed by atoms with Gasteiger partial charge in [-0.25, -0.2) is 0 Å². The molecule has 38 heavy (non-hydrogen) atoms. The van der Waals surface area contributed by atoms with E-state index in [4.69, 9.17) is 0 Å². The lowest BCUT2D eigenvalue weighted by atomic mass is 10.1. The van der Waals surface area contributed by atoms with Crippen LogP contribution in [0.1, 0.15) is 142 Å². The van der Waals surface area contributed by atoms with Crippen LogP contribution >= 0.6 is 95.8 Å². The van der Waals surface area contributed by atoms with Crippen LogP contribution in [0.4, 0.5) is 0 Å². The van der Waals surface area contributed by atoms with Crippen molar-refractivity contribution in [1.82, 2.24) is 0 Å². The molecule has 2 aliphatic rings. The smallest absolute Gasteiger partial charge is 0.0717 e. The lowest BCUT2D eigenvalue weighted by Gasteiger charge is -2.06. The summed E-state index contributed by atoms with van der Waals surface area (Å²) in [6, 6.07) is 0. The molecule has 0 atom stereocenters. The van der Waals surface area contributed by atoms with E-state index in [0.717, 1.165) is 8.47 Å². The largest absolute Gasteiger partial charge is 0.135 e. The van der Waals surface area contributed by atoms with Crippen molar-refractivity contribution in [2.45, 2.75) is 142 Å². The van der Waals surface area contributed by atoms with Crippen molar-refractivity contribution in [3.8, 4) is 0 Å². The van der Waals surface area contributed by atoms with E-state index in [1.165, 1.54) is 148 Å². The molecule has 0 aliphatic carbocycles. The van der Waals surface area contributed by atoms with Gasteiger partial charge in [0.15, 0.2) is 0 Å². The van der Waals surface area contributed by atoms with Gasteiger partial charge in [0.25, 0.3) is 0 Å². The Morgan fingerprint density at radius 1 is 0.421 bits per heavy atom. The summed E-state index contributed by atoms with van der Waals surface area (Å²) in [5.41, 5.74) is 0. The molecule has 0 amide bonds. The molecule has 2 heterocycles. The molecule has 0 aromatic carbocycles. The number of hydrogen-bond acceptors (Lipinski definition) is 8. The highest BCUT2D eigenvalue weighted by molar-refractivity contribution is 8.43. The van der Waals surface area contributed by atoms with Gasteiger partial charge in [-0.15, -0.1) is 48.8 Å². The third-order valence-corrected chi connectivity index (χ3v) is 16.6. The number of thiol groups is 2. The van der Waals surface area contributed by atoms with E-state index in [9.17, 15) is 0 Å². The summed E-state index contributed by atoms with van der Waals surface area (Å²) in [5, 5.41) is 0. The van der Waals surface area contributed by atoms with Crippen molar-refractivity contribution in [3.63, 3.8) is 0 Å². The minimum atomic E-state index is 1.05. The summed E-state index contributed by atoms with van der Waals surface area (Å²) in [5.74, 6) is 2.52. The summed E-state index contributed by atoms with van der Waals surface area (Å²) < 4.78 is 8.04. The van der Waals surface area contributed by atoms with Crippen LogP contribution in [-0.2, 0) is 0 Å². The first-order valence-electron chi connectivity index (χ1n) is 15.2. The topological polar surface area (TPSA) is 0 Å². The van der Waals surface area contributed by atoms with Crippen LogP contribution in [0, 0.1) is 0 Å². The second kappa shape index (κ2) is 24.5. The van der Waals surface area contributed by atoms with Crippen LogP contribution in [0.15, 0.2) is 25.4 Å². The van der Waals surface area contributed by atoms with Crippen molar-refractivity contribution in [1.29, 1.82) is 0 Å². The fraction of sp³-hybridized carbons (Fsp3) is 0.800. The SMILES string of the molecule is CCCCCCCCCCCCSC1=C(SCCCCCCCCCCCC)SC(=C2SC(S)=C(S)S2)S1. The number of unbranched alkanes of at least 4 members (excludes halogenated alkanes) is 18. The van der Waals surface area contributed by atoms with Gasteiger partial charge in [0.05, 0.1) is 25.4 Å². The number of rotatable bonds is 24. The molecule has 0 N–H and O–H groups in total. The fourth-order valence-corrected chi connectivity index (χ4v) is 13.8. The first-order valence-corrected chi connectivity index (χ1v) is 21.4. The zero-order valence-electron chi connectivity index (χ0n) is 23.9. The van der Waals surface area contributed by atoms with E-state index in [-0.39, 0.29) is 0 Å². The Bertz CT molecular complexity index is 672. The summed E-state index contributed by atoms with van der Waals surface area (Å²) in [4.78, 5) is 0. The highest BCUT2D eigenvalue weighted by atomic mass is 32.3. The molecule has 0 spiro atoms. The van der Waals surface area contributed by atoms with Crippen LogP contribution in [0.2, 0.25) is 0 Å². The van der Waals surface area contributed by atoms with Gasteiger partial charge in [0.2, 0.25) is 0 Å². The van der Waals surface area contributed by atoms with E-state index in [1.807, 2.05) is 23.5 Å². The molecule has 0 aromatic rings. The molecule has 8 heteroatoms. The van der Waals surface area contributed by atoms with Crippen molar-refractivity contribution in [2.75, 3.05) is 11.5 Å². The minimum absolute atomic E-state index is 1.05. The van der Waals surface area contributed by atoms with Crippen LogP contribution in [0.25, 0.3) is 0 Å². The quantitative estimate of drug-likeness (QED) is 0.0770. The first kappa shape index (κ1) is 36.2. The van der Waals surface area contributed by atoms with E-state index in [0.29, 0.717) is 0 Å². The van der Waals surface area contributed by atoms with E-state index in [2.05, 4.69) is 62.6 Å². The zero-order chi connectivity index (χ0) is 27.3. The third kappa shape index (κ3) is 16.6. The van der Waals surface area contributed by atoms with Gasteiger partial charge in [-0.3, -0.25) is 0 Å². The van der Waals surface area contributed by atoms with Crippen LogP contribution in [0.5, 0.6) is 0 Å². The van der Waals surface area contributed by atoms with Crippen molar-refractivity contribution in [3.05, 3.63) is 25.4 Å². The number of thioether (sulfide) groups is 6. The summed E-state index contributed by atoms with van der Waals surface area (Å²) >= 11 is 21.0. The Balaban J connectivity index is 1.65. The van der Waals surface area contributed by atoms with Gasteiger partial charge in [0.1, 0.15) is 0 Å². The molecule has 0 saturated heterocycles. The average molecular weight is 669 g/mol. The molecule has 220 valence electrons. The second-order valence-electron chi connectivity index (χ2n) is 10.2. The average Bonchev–Trinajstić information content (AvgIpc) is 3.48. The van der Waals surface area contributed by atoms with Crippen molar-refractivity contribution < 1.29 is 0 Å². The Labute approximate surface area is 272 Å². The zero-order valence-corrected chi connectivity index (χ0v) is 30.6. The maximum Gasteiger partial charge on any atom is 0.0717 e. The third-order valence-electron chi connectivity index (χ3n) is 6.73. The van der Waals surface area contributed by atoms with E-state index in [1.54, 1.807) is 32.0 Å². The normalized spacial score (nSPS) is 16.1.